The molecule has 0 heterocycles. The van der Waals surface area contributed by atoms with Gasteiger partial charge in [0.25, 0.3) is 0 Å². The van der Waals surface area contributed by atoms with Gasteiger partial charge in [0.05, 0.1) is 0 Å². The summed E-state index contributed by atoms with van der Waals surface area (Å²) in [5, 5.41) is 15.4. The molecule has 0 nitrogen and oxygen atoms in total. The monoisotopic (exact) mass is 722 g/mol. The zero-order chi connectivity index (χ0) is 37.8. The molecule has 0 bridgehead atoms. The average molecular weight is 723 g/mol. The van der Waals surface area contributed by atoms with Crippen LogP contribution in [0.15, 0.2) is 194 Å². The fourth-order valence-electron chi connectivity index (χ4n) is 10.4. The van der Waals surface area contributed by atoms with Crippen LogP contribution in [0.2, 0.25) is 0 Å². The van der Waals surface area contributed by atoms with Crippen LogP contribution in [0.25, 0.3) is 109 Å². The fraction of sp³-hybridized carbons (Fsp3) is 0.0526. The molecule has 11 aromatic rings. The van der Waals surface area contributed by atoms with Gasteiger partial charge < -0.3 is 0 Å². The summed E-state index contributed by atoms with van der Waals surface area (Å²) in [5.41, 5.74) is 12.9. The predicted molar refractivity (Wildman–Crippen MR) is 245 cm³/mol. The lowest BCUT2D eigenvalue weighted by molar-refractivity contribution is 0.660. The van der Waals surface area contributed by atoms with Crippen molar-refractivity contribution in [3.63, 3.8) is 0 Å². The summed E-state index contributed by atoms with van der Waals surface area (Å²) in [7, 11) is 0. The third-order valence-electron chi connectivity index (χ3n) is 13.0. The maximum absolute atomic E-state index is 2.47. The minimum atomic E-state index is -0.0955. The van der Waals surface area contributed by atoms with Crippen LogP contribution in [0.4, 0.5) is 0 Å². The molecule has 0 aromatic heterocycles. The van der Waals surface area contributed by atoms with Gasteiger partial charge in [0.2, 0.25) is 0 Å². The highest BCUT2D eigenvalue weighted by Crippen LogP contribution is 2.55. The quantitative estimate of drug-likeness (QED) is 0.126. The van der Waals surface area contributed by atoms with Gasteiger partial charge in [-0.3, -0.25) is 0 Å². The predicted octanol–water partition coefficient (Wildman–Crippen LogP) is 15.9. The summed E-state index contributed by atoms with van der Waals surface area (Å²) in [4.78, 5) is 0. The molecule has 12 rings (SSSR count). The molecule has 0 fully saturated rings. The van der Waals surface area contributed by atoms with Crippen LogP contribution >= 0.6 is 0 Å². The van der Waals surface area contributed by atoms with Crippen LogP contribution in [0.1, 0.15) is 25.0 Å². The SMILES string of the molecule is CC1(C)c2ccccc2-c2c(-c3c4ccccc4c(-c4ccc5c6ccccc6c6ccccc6c5c4)c4ccc(-c5ccc6ccccc6c5)cc34)cccc21. The summed E-state index contributed by atoms with van der Waals surface area (Å²) in [6.45, 7) is 4.76. The normalized spacial score (nSPS) is 13.2. The lowest BCUT2D eigenvalue weighted by Crippen LogP contribution is -2.14. The third-order valence-corrected chi connectivity index (χ3v) is 13.0. The van der Waals surface area contributed by atoms with E-state index in [2.05, 4.69) is 208 Å². The lowest BCUT2D eigenvalue weighted by atomic mass is 9.80. The fourth-order valence-corrected chi connectivity index (χ4v) is 10.4. The van der Waals surface area contributed by atoms with Gasteiger partial charge >= 0.3 is 0 Å². The first-order valence-corrected chi connectivity index (χ1v) is 20.1. The summed E-state index contributed by atoms with van der Waals surface area (Å²) < 4.78 is 0. The highest BCUT2D eigenvalue weighted by molar-refractivity contribution is 6.28. The maximum Gasteiger partial charge on any atom is 0.0159 e. The minimum absolute atomic E-state index is 0.0955. The highest BCUT2D eigenvalue weighted by Gasteiger charge is 2.37. The number of benzene rings is 11. The van der Waals surface area contributed by atoms with E-state index < -0.39 is 0 Å². The van der Waals surface area contributed by atoms with Crippen LogP contribution in [0.3, 0.4) is 0 Å². The molecule has 0 N–H and O–H groups in total. The molecule has 11 aromatic carbocycles. The summed E-state index contributed by atoms with van der Waals surface area (Å²) in [6.07, 6.45) is 0. The smallest absolute Gasteiger partial charge is 0.0159 e. The van der Waals surface area contributed by atoms with Gasteiger partial charge in [0.1, 0.15) is 0 Å². The van der Waals surface area contributed by atoms with Gasteiger partial charge in [-0.25, -0.2) is 0 Å². The van der Waals surface area contributed by atoms with E-state index in [4.69, 9.17) is 0 Å². The summed E-state index contributed by atoms with van der Waals surface area (Å²) in [5.74, 6) is 0. The molecule has 0 spiro atoms. The first-order valence-electron chi connectivity index (χ1n) is 20.1. The van der Waals surface area contributed by atoms with E-state index in [1.165, 1.54) is 120 Å². The molecule has 0 radical (unpaired) electrons. The third kappa shape index (κ3) is 4.62. The van der Waals surface area contributed by atoms with Gasteiger partial charge in [-0.2, -0.15) is 0 Å². The average Bonchev–Trinajstić information content (AvgIpc) is 3.51. The second-order valence-electron chi connectivity index (χ2n) is 16.4. The molecule has 57 heavy (non-hydrogen) atoms. The minimum Gasteiger partial charge on any atom is -0.0619 e. The molecule has 0 heteroatoms. The van der Waals surface area contributed by atoms with Crippen molar-refractivity contribution in [2.45, 2.75) is 19.3 Å². The zero-order valence-corrected chi connectivity index (χ0v) is 32.0. The largest absolute Gasteiger partial charge is 0.0619 e. The van der Waals surface area contributed by atoms with Crippen molar-refractivity contribution in [2.24, 2.45) is 0 Å². The Bertz CT molecular complexity index is 3450. The van der Waals surface area contributed by atoms with Gasteiger partial charge in [-0.1, -0.05) is 190 Å². The Hall–Kier alpha value is -7.02. The van der Waals surface area contributed by atoms with Gasteiger partial charge in [-0.05, 0) is 138 Å². The number of fused-ring (bicyclic) bond motifs is 12. The van der Waals surface area contributed by atoms with Crippen molar-refractivity contribution >= 4 is 64.6 Å². The number of rotatable bonds is 3. The highest BCUT2D eigenvalue weighted by atomic mass is 14.4. The Morgan fingerprint density at radius 3 is 1.49 bits per heavy atom. The molecule has 266 valence electrons. The van der Waals surface area contributed by atoms with Crippen molar-refractivity contribution in [3.8, 4) is 44.5 Å². The van der Waals surface area contributed by atoms with Gasteiger partial charge in [0.15, 0.2) is 0 Å². The van der Waals surface area contributed by atoms with Crippen molar-refractivity contribution in [1.29, 1.82) is 0 Å². The first kappa shape index (κ1) is 32.2. The topological polar surface area (TPSA) is 0 Å². The Morgan fingerprint density at radius 1 is 0.263 bits per heavy atom. The van der Waals surface area contributed by atoms with E-state index in [9.17, 15) is 0 Å². The molecule has 1 aliphatic carbocycles. The Morgan fingerprint density at radius 2 is 0.737 bits per heavy atom. The van der Waals surface area contributed by atoms with E-state index in [0.29, 0.717) is 0 Å². The summed E-state index contributed by atoms with van der Waals surface area (Å²) >= 11 is 0. The van der Waals surface area contributed by atoms with E-state index >= 15 is 0 Å². The molecule has 0 unspecified atom stereocenters. The van der Waals surface area contributed by atoms with Gasteiger partial charge in [-0.15, -0.1) is 0 Å². The Balaban J connectivity index is 1.21. The maximum atomic E-state index is 2.47. The van der Waals surface area contributed by atoms with Crippen LogP contribution in [0.5, 0.6) is 0 Å². The van der Waals surface area contributed by atoms with Crippen LogP contribution in [-0.4, -0.2) is 0 Å². The summed E-state index contributed by atoms with van der Waals surface area (Å²) in [6, 6.07) is 72.9. The molecule has 0 saturated carbocycles. The van der Waals surface area contributed by atoms with Crippen LogP contribution in [-0.2, 0) is 5.41 Å². The number of hydrogen-bond acceptors (Lipinski definition) is 0. The molecule has 0 amide bonds. The molecule has 0 atom stereocenters. The van der Waals surface area contributed by atoms with E-state index in [1.807, 2.05) is 0 Å². The van der Waals surface area contributed by atoms with Crippen molar-refractivity contribution in [1.82, 2.24) is 0 Å². The van der Waals surface area contributed by atoms with Gasteiger partial charge in [0, 0.05) is 5.41 Å². The first-order chi connectivity index (χ1) is 28.0. The van der Waals surface area contributed by atoms with E-state index in [1.54, 1.807) is 0 Å². The van der Waals surface area contributed by atoms with Crippen LogP contribution in [0, 0.1) is 0 Å². The van der Waals surface area contributed by atoms with Crippen molar-refractivity contribution in [2.75, 3.05) is 0 Å². The molecule has 0 aliphatic heterocycles. The van der Waals surface area contributed by atoms with Crippen molar-refractivity contribution in [3.05, 3.63) is 205 Å². The van der Waals surface area contributed by atoms with Crippen molar-refractivity contribution < 1.29 is 0 Å². The Labute approximate surface area is 332 Å². The molecular weight excluding hydrogens is 685 g/mol. The van der Waals surface area contributed by atoms with E-state index in [0.717, 1.165) is 0 Å². The second-order valence-corrected chi connectivity index (χ2v) is 16.4. The standard InChI is InChI=1S/C57H38/c1-57(2)52-24-12-11-22-48(52)56-49(23-13-25-53(56)57)55-46-21-10-9-20-45(46)54(47-31-28-38(33-51(47)55)37-27-26-35-14-3-4-15-36(35)32-37)39-29-30-44-42-18-6-5-16-40(42)41-17-7-8-19-43(41)50(44)34-39/h3-34H,1-2H3. The molecule has 0 saturated heterocycles. The number of hydrogen-bond donors (Lipinski definition) is 0. The molecular formula is C57H38. The second kappa shape index (κ2) is 12.0. The molecule has 1 aliphatic rings. The zero-order valence-electron chi connectivity index (χ0n) is 32.0. The van der Waals surface area contributed by atoms with E-state index in [-0.39, 0.29) is 5.41 Å². The Kier molecular flexibility index (Phi) is 6.78. The lowest BCUT2D eigenvalue weighted by Gasteiger charge is -2.23. The van der Waals surface area contributed by atoms with Crippen LogP contribution < -0.4 is 0 Å².